The molecule has 5 heteroatoms. The van der Waals surface area contributed by atoms with Crippen LogP contribution in [-0.2, 0) is 4.74 Å². The van der Waals surface area contributed by atoms with E-state index in [9.17, 15) is 0 Å². The standard InChI is InChI=1S/C13H19Br2NOS/c1-2-16-11(7-9-3-5-17-6-4-9)10-8-12(14)18-13(10)15/h8-9,11,16H,2-7H2,1H3. The first-order valence-corrected chi connectivity index (χ1v) is 8.86. The molecule has 0 radical (unpaired) electrons. The number of thiophene rings is 1. The summed E-state index contributed by atoms with van der Waals surface area (Å²) in [6, 6.07) is 2.69. The minimum atomic E-state index is 0.454. The van der Waals surface area contributed by atoms with Crippen molar-refractivity contribution < 1.29 is 4.74 Å². The Kier molecular flexibility index (Phi) is 6.15. The molecule has 2 heterocycles. The van der Waals surface area contributed by atoms with Crippen LogP contribution in [0.25, 0.3) is 0 Å². The van der Waals surface area contributed by atoms with E-state index in [-0.39, 0.29) is 0 Å². The van der Waals surface area contributed by atoms with Crippen molar-refractivity contribution in [3.63, 3.8) is 0 Å². The number of hydrogen-bond acceptors (Lipinski definition) is 3. The molecule has 0 amide bonds. The van der Waals surface area contributed by atoms with Gasteiger partial charge < -0.3 is 10.1 Å². The Bertz CT molecular complexity index is 377. The van der Waals surface area contributed by atoms with E-state index < -0.39 is 0 Å². The lowest BCUT2D eigenvalue weighted by molar-refractivity contribution is 0.0605. The minimum absolute atomic E-state index is 0.454. The Labute approximate surface area is 130 Å². The number of hydrogen-bond donors (Lipinski definition) is 1. The average molecular weight is 397 g/mol. The molecule has 1 aliphatic heterocycles. The van der Waals surface area contributed by atoms with Gasteiger partial charge in [0.2, 0.25) is 0 Å². The Morgan fingerprint density at radius 1 is 1.44 bits per heavy atom. The molecule has 1 aromatic rings. The number of ether oxygens (including phenoxy) is 1. The quantitative estimate of drug-likeness (QED) is 0.775. The smallest absolute Gasteiger partial charge is 0.0758 e. The monoisotopic (exact) mass is 395 g/mol. The van der Waals surface area contributed by atoms with Crippen LogP contribution >= 0.6 is 43.2 Å². The Morgan fingerprint density at radius 3 is 2.72 bits per heavy atom. The van der Waals surface area contributed by atoms with Crippen molar-refractivity contribution >= 4 is 43.2 Å². The molecule has 1 N–H and O–H groups in total. The summed E-state index contributed by atoms with van der Waals surface area (Å²) >= 11 is 9.00. The van der Waals surface area contributed by atoms with Gasteiger partial charge in [0.1, 0.15) is 0 Å². The Morgan fingerprint density at radius 2 is 2.17 bits per heavy atom. The molecule has 1 fully saturated rings. The van der Waals surface area contributed by atoms with E-state index in [1.165, 1.54) is 32.4 Å². The summed E-state index contributed by atoms with van der Waals surface area (Å²) in [5.74, 6) is 0.786. The third kappa shape index (κ3) is 4.04. The first-order valence-electron chi connectivity index (χ1n) is 6.46. The molecule has 0 aliphatic carbocycles. The maximum atomic E-state index is 5.44. The van der Waals surface area contributed by atoms with Crippen molar-refractivity contribution in [2.75, 3.05) is 19.8 Å². The molecule has 2 rings (SSSR count). The lowest BCUT2D eigenvalue weighted by Gasteiger charge is -2.27. The van der Waals surface area contributed by atoms with E-state index in [0.29, 0.717) is 6.04 Å². The van der Waals surface area contributed by atoms with E-state index in [0.717, 1.165) is 25.7 Å². The number of rotatable bonds is 5. The molecule has 0 spiro atoms. The van der Waals surface area contributed by atoms with Gasteiger partial charge in [-0.15, -0.1) is 11.3 Å². The number of nitrogens with one attached hydrogen (secondary N) is 1. The predicted octanol–water partition coefficient (Wildman–Crippen LogP) is 4.74. The van der Waals surface area contributed by atoms with Crippen LogP contribution in [0.5, 0.6) is 0 Å². The van der Waals surface area contributed by atoms with Crippen LogP contribution in [-0.4, -0.2) is 19.8 Å². The van der Waals surface area contributed by atoms with Crippen molar-refractivity contribution in [3.8, 4) is 0 Å². The highest BCUT2D eigenvalue weighted by molar-refractivity contribution is 9.12. The van der Waals surface area contributed by atoms with Crippen LogP contribution < -0.4 is 5.32 Å². The highest BCUT2D eigenvalue weighted by atomic mass is 79.9. The minimum Gasteiger partial charge on any atom is -0.381 e. The van der Waals surface area contributed by atoms with Gasteiger partial charge in [-0.1, -0.05) is 6.92 Å². The molecule has 1 saturated heterocycles. The van der Waals surface area contributed by atoms with E-state index in [1.54, 1.807) is 11.3 Å². The molecule has 0 bridgehead atoms. The molecule has 1 atom stereocenters. The summed E-state index contributed by atoms with van der Waals surface area (Å²) in [5.41, 5.74) is 1.39. The first-order chi connectivity index (χ1) is 8.70. The van der Waals surface area contributed by atoms with Crippen LogP contribution in [0.1, 0.15) is 37.8 Å². The van der Waals surface area contributed by atoms with Gasteiger partial charge in [-0.25, -0.2) is 0 Å². The number of halogens is 2. The van der Waals surface area contributed by atoms with Crippen molar-refractivity contribution in [2.45, 2.75) is 32.2 Å². The zero-order chi connectivity index (χ0) is 13.0. The second kappa shape index (κ2) is 7.39. The summed E-state index contributed by atoms with van der Waals surface area (Å²) in [4.78, 5) is 0. The second-order valence-electron chi connectivity index (χ2n) is 4.68. The predicted molar refractivity (Wildman–Crippen MR) is 84.3 cm³/mol. The lowest BCUT2D eigenvalue weighted by atomic mass is 9.90. The lowest BCUT2D eigenvalue weighted by Crippen LogP contribution is -2.26. The second-order valence-corrected chi connectivity index (χ2v) is 8.43. The van der Waals surface area contributed by atoms with Crippen LogP contribution in [0.2, 0.25) is 0 Å². The molecule has 1 aromatic heterocycles. The summed E-state index contributed by atoms with van der Waals surface area (Å²) in [6.07, 6.45) is 3.61. The Hall–Kier alpha value is 0.580. The molecule has 102 valence electrons. The molecule has 1 aliphatic rings. The first kappa shape index (κ1) is 15.0. The van der Waals surface area contributed by atoms with Crippen LogP contribution in [0, 0.1) is 5.92 Å². The van der Waals surface area contributed by atoms with Crippen LogP contribution in [0.15, 0.2) is 13.6 Å². The maximum absolute atomic E-state index is 5.44. The van der Waals surface area contributed by atoms with Gasteiger partial charge in [0.15, 0.2) is 0 Å². The van der Waals surface area contributed by atoms with Crippen molar-refractivity contribution in [3.05, 3.63) is 19.2 Å². The van der Waals surface area contributed by atoms with Gasteiger partial charge in [-0.05, 0) is 75.2 Å². The molecule has 1 unspecified atom stereocenters. The zero-order valence-corrected chi connectivity index (χ0v) is 14.5. The van der Waals surface area contributed by atoms with E-state index >= 15 is 0 Å². The molecular formula is C13H19Br2NOS. The molecule has 18 heavy (non-hydrogen) atoms. The molecular weight excluding hydrogens is 378 g/mol. The third-order valence-electron chi connectivity index (χ3n) is 3.42. The van der Waals surface area contributed by atoms with Gasteiger partial charge in [0, 0.05) is 19.3 Å². The SMILES string of the molecule is CCNC(CC1CCOCC1)c1cc(Br)sc1Br. The highest BCUT2D eigenvalue weighted by Gasteiger charge is 2.22. The zero-order valence-electron chi connectivity index (χ0n) is 10.5. The van der Waals surface area contributed by atoms with Crippen LogP contribution in [0.4, 0.5) is 0 Å². The normalized spacial score (nSPS) is 19.1. The largest absolute Gasteiger partial charge is 0.381 e. The fourth-order valence-corrected chi connectivity index (χ4v) is 5.45. The van der Waals surface area contributed by atoms with Crippen molar-refractivity contribution in [1.29, 1.82) is 0 Å². The van der Waals surface area contributed by atoms with E-state index in [1.807, 2.05) is 0 Å². The molecule has 0 saturated carbocycles. The topological polar surface area (TPSA) is 21.3 Å². The highest BCUT2D eigenvalue weighted by Crippen LogP contribution is 2.38. The fourth-order valence-electron chi connectivity index (χ4n) is 2.47. The summed E-state index contributed by atoms with van der Waals surface area (Å²) < 4.78 is 7.88. The molecule has 2 nitrogen and oxygen atoms in total. The van der Waals surface area contributed by atoms with Crippen molar-refractivity contribution in [2.24, 2.45) is 5.92 Å². The maximum Gasteiger partial charge on any atom is 0.0758 e. The van der Waals surface area contributed by atoms with Gasteiger partial charge in [0.25, 0.3) is 0 Å². The van der Waals surface area contributed by atoms with Crippen molar-refractivity contribution in [1.82, 2.24) is 5.32 Å². The Balaban J connectivity index is 2.04. The summed E-state index contributed by atoms with van der Waals surface area (Å²) in [6.45, 7) is 5.04. The third-order valence-corrected chi connectivity index (χ3v) is 5.80. The van der Waals surface area contributed by atoms with Gasteiger partial charge in [-0.3, -0.25) is 0 Å². The average Bonchev–Trinajstić information content (AvgIpc) is 2.69. The summed E-state index contributed by atoms with van der Waals surface area (Å²) in [7, 11) is 0. The van der Waals surface area contributed by atoms with Gasteiger partial charge >= 0.3 is 0 Å². The molecule has 0 aromatic carbocycles. The van der Waals surface area contributed by atoms with Gasteiger partial charge in [0.05, 0.1) is 7.57 Å². The van der Waals surface area contributed by atoms with E-state index in [2.05, 4.69) is 50.2 Å². The summed E-state index contributed by atoms with van der Waals surface area (Å²) in [5, 5.41) is 3.62. The van der Waals surface area contributed by atoms with E-state index in [4.69, 9.17) is 4.74 Å². The van der Waals surface area contributed by atoms with Crippen LogP contribution in [0.3, 0.4) is 0 Å². The van der Waals surface area contributed by atoms with Gasteiger partial charge in [-0.2, -0.15) is 0 Å². The fraction of sp³-hybridized carbons (Fsp3) is 0.692.